The molecule has 0 fully saturated rings. The second-order valence-electron chi connectivity index (χ2n) is 3.38. The molecule has 5 nitrogen and oxygen atoms in total. The van der Waals surface area contributed by atoms with Crippen LogP contribution in [0.1, 0.15) is 45.4 Å². The van der Waals surface area contributed by atoms with Gasteiger partial charge in [-0.05, 0) is 6.42 Å². The van der Waals surface area contributed by atoms with E-state index >= 15 is 0 Å². The van der Waals surface area contributed by atoms with Crippen molar-refractivity contribution in [3.8, 4) is 0 Å². The van der Waals surface area contributed by atoms with Crippen LogP contribution < -0.4 is 0 Å². The number of rotatable bonds is 8. The molecule has 0 aliphatic heterocycles. The number of ether oxygens (including phenoxy) is 1. The first-order valence-corrected chi connectivity index (χ1v) is 6.67. The first-order valence-electron chi connectivity index (χ1n) is 5.06. The summed E-state index contributed by atoms with van der Waals surface area (Å²) in [7, 11) is -4.20. The van der Waals surface area contributed by atoms with Crippen molar-refractivity contribution in [2.45, 2.75) is 45.4 Å². The van der Waals surface area contributed by atoms with Gasteiger partial charge in [-0.3, -0.25) is 9.35 Å². The number of unbranched alkanes of at least 4 members (excludes halogenated alkanes) is 4. The Morgan fingerprint density at radius 1 is 1.19 bits per heavy atom. The SMILES string of the molecule is CCCCCCCC(=O)OCS(=O)(=O)O.[Na]. The summed E-state index contributed by atoms with van der Waals surface area (Å²) in [6.45, 7) is 2.10. The normalized spacial score (nSPS) is 10.6. The molecule has 0 aromatic heterocycles. The fourth-order valence-electron chi connectivity index (χ4n) is 1.09. The van der Waals surface area contributed by atoms with E-state index in [1.165, 1.54) is 0 Å². The van der Waals surface area contributed by atoms with Crippen molar-refractivity contribution in [3.05, 3.63) is 0 Å². The summed E-state index contributed by atoms with van der Waals surface area (Å²) in [5.74, 6) is -1.52. The van der Waals surface area contributed by atoms with E-state index in [1.807, 2.05) is 0 Å². The molecule has 0 spiro atoms. The third-order valence-electron chi connectivity index (χ3n) is 1.85. The van der Waals surface area contributed by atoms with Gasteiger partial charge in [-0.2, -0.15) is 8.42 Å². The maximum absolute atomic E-state index is 10.9. The van der Waals surface area contributed by atoms with Crippen LogP contribution in [0.25, 0.3) is 0 Å². The van der Waals surface area contributed by atoms with Gasteiger partial charge in [-0.25, -0.2) is 0 Å². The van der Waals surface area contributed by atoms with Crippen LogP contribution in [0.5, 0.6) is 0 Å². The van der Waals surface area contributed by atoms with Gasteiger partial charge in [0.05, 0.1) is 0 Å². The number of carbonyl (C=O) groups excluding carboxylic acids is 1. The van der Waals surface area contributed by atoms with E-state index in [4.69, 9.17) is 4.55 Å². The summed E-state index contributed by atoms with van der Waals surface area (Å²) in [6, 6.07) is 0. The van der Waals surface area contributed by atoms with E-state index < -0.39 is 22.0 Å². The van der Waals surface area contributed by atoms with Crippen molar-refractivity contribution >= 4 is 45.6 Å². The Kier molecular flexibility index (Phi) is 12.3. The summed E-state index contributed by atoms with van der Waals surface area (Å²) in [4.78, 5) is 10.9. The number of hydrogen-bond acceptors (Lipinski definition) is 4. The molecule has 16 heavy (non-hydrogen) atoms. The zero-order valence-corrected chi connectivity index (χ0v) is 12.8. The zero-order valence-electron chi connectivity index (χ0n) is 9.94. The van der Waals surface area contributed by atoms with Crippen molar-refractivity contribution in [1.82, 2.24) is 0 Å². The minimum Gasteiger partial charge on any atom is -0.447 e. The second kappa shape index (κ2) is 10.5. The standard InChI is InChI=1S/C9H18O5S.Na/c1-2-3-4-5-6-7-9(10)14-8-15(11,12)13;/h2-8H2,1H3,(H,11,12,13);. The van der Waals surface area contributed by atoms with Crippen molar-refractivity contribution in [1.29, 1.82) is 0 Å². The van der Waals surface area contributed by atoms with E-state index in [2.05, 4.69) is 11.7 Å². The summed E-state index contributed by atoms with van der Waals surface area (Å²) in [5, 5.41) is 0. The molecule has 0 heterocycles. The van der Waals surface area contributed by atoms with Gasteiger partial charge >= 0.3 is 16.1 Å². The second-order valence-corrected chi connectivity index (χ2v) is 4.78. The predicted molar refractivity (Wildman–Crippen MR) is 61.6 cm³/mol. The molecule has 0 aromatic carbocycles. The van der Waals surface area contributed by atoms with Crippen LogP contribution in [0.3, 0.4) is 0 Å². The minimum absolute atomic E-state index is 0. The first-order chi connectivity index (χ1) is 6.95. The van der Waals surface area contributed by atoms with Crippen LogP contribution in [0.2, 0.25) is 0 Å². The van der Waals surface area contributed by atoms with E-state index in [0.29, 0.717) is 6.42 Å². The van der Waals surface area contributed by atoms with Gasteiger partial charge in [0.2, 0.25) is 5.94 Å². The van der Waals surface area contributed by atoms with Gasteiger partial charge in [-0.15, -0.1) is 0 Å². The molecule has 0 atom stereocenters. The van der Waals surface area contributed by atoms with E-state index in [1.54, 1.807) is 0 Å². The Labute approximate surface area is 119 Å². The molecule has 0 aliphatic rings. The fourth-order valence-corrected chi connectivity index (χ4v) is 1.37. The molecular formula is C9H18NaO5S. The predicted octanol–water partition coefficient (Wildman–Crippen LogP) is 1.35. The molecule has 0 amide bonds. The molecular weight excluding hydrogens is 243 g/mol. The third kappa shape index (κ3) is 14.4. The van der Waals surface area contributed by atoms with Crippen molar-refractivity contribution in [2.75, 3.05) is 5.94 Å². The van der Waals surface area contributed by atoms with Gasteiger partial charge < -0.3 is 4.74 Å². The largest absolute Gasteiger partial charge is 0.447 e. The average Bonchev–Trinajstić information content (AvgIpc) is 2.13. The summed E-state index contributed by atoms with van der Waals surface area (Å²) in [5.41, 5.74) is 0. The summed E-state index contributed by atoms with van der Waals surface area (Å²) < 4.78 is 33.1. The summed E-state index contributed by atoms with van der Waals surface area (Å²) in [6.07, 6.45) is 5.19. The Hall–Kier alpha value is 0.380. The van der Waals surface area contributed by atoms with Gasteiger partial charge in [0.1, 0.15) is 0 Å². The third-order valence-corrected chi connectivity index (χ3v) is 2.27. The topological polar surface area (TPSA) is 80.7 Å². The Bertz CT molecular complexity index is 276. The van der Waals surface area contributed by atoms with Crippen LogP contribution in [0.4, 0.5) is 0 Å². The smallest absolute Gasteiger partial charge is 0.306 e. The van der Waals surface area contributed by atoms with Crippen molar-refractivity contribution in [2.24, 2.45) is 0 Å². The van der Waals surface area contributed by atoms with E-state index in [0.717, 1.165) is 25.7 Å². The molecule has 7 heteroatoms. The molecule has 0 rings (SSSR count). The average molecular weight is 261 g/mol. The minimum atomic E-state index is -4.20. The molecule has 1 N–H and O–H groups in total. The van der Waals surface area contributed by atoms with Crippen molar-refractivity contribution < 1.29 is 22.5 Å². The van der Waals surface area contributed by atoms with Gasteiger partial charge in [0.15, 0.2) is 0 Å². The van der Waals surface area contributed by atoms with Crippen LogP contribution in [0, 0.1) is 0 Å². The Morgan fingerprint density at radius 2 is 1.75 bits per heavy atom. The van der Waals surface area contributed by atoms with E-state index in [9.17, 15) is 13.2 Å². The van der Waals surface area contributed by atoms with Crippen LogP contribution >= 0.6 is 0 Å². The molecule has 0 bridgehead atoms. The first kappa shape index (κ1) is 18.7. The zero-order chi connectivity index (χ0) is 11.7. The molecule has 0 aliphatic carbocycles. The van der Waals surface area contributed by atoms with Crippen LogP contribution in [0.15, 0.2) is 0 Å². The number of esters is 1. The van der Waals surface area contributed by atoms with Gasteiger partial charge in [-0.1, -0.05) is 32.6 Å². The summed E-state index contributed by atoms with van der Waals surface area (Å²) >= 11 is 0. The maximum atomic E-state index is 10.9. The monoisotopic (exact) mass is 261 g/mol. The molecule has 0 aromatic rings. The number of hydrogen-bond donors (Lipinski definition) is 1. The molecule has 0 unspecified atom stereocenters. The van der Waals surface area contributed by atoms with Gasteiger partial charge in [0.25, 0.3) is 0 Å². The Morgan fingerprint density at radius 3 is 2.25 bits per heavy atom. The quantitative estimate of drug-likeness (QED) is 0.309. The van der Waals surface area contributed by atoms with Crippen molar-refractivity contribution in [3.63, 3.8) is 0 Å². The molecule has 0 saturated heterocycles. The molecule has 91 valence electrons. The van der Waals surface area contributed by atoms with E-state index in [-0.39, 0.29) is 36.0 Å². The number of carbonyl (C=O) groups is 1. The van der Waals surface area contributed by atoms with Gasteiger partial charge in [0, 0.05) is 36.0 Å². The Balaban J connectivity index is 0. The fraction of sp³-hybridized carbons (Fsp3) is 0.889. The molecule has 1 radical (unpaired) electrons. The van der Waals surface area contributed by atoms with Crippen LogP contribution in [-0.4, -0.2) is 54.4 Å². The maximum Gasteiger partial charge on any atom is 0.306 e. The molecule has 0 saturated carbocycles. The van der Waals surface area contributed by atoms with Crippen LogP contribution in [-0.2, 0) is 19.6 Å².